The fourth-order valence-corrected chi connectivity index (χ4v) is 2.99. The number of rotatable bonds is 8. The van der Waals surface area contributed by atoms with Crippen LogP contribution in [0, 0.1) is 0 Å². The van der Waals surface area contributed by atoms with Gasteiger partial charge < -0.3 is 10.1 Å². The molecule has 0 aliphatic carbocycles. The topological polar surface area (TPSA) is 33.7 Å². The van der Waals surface area contributed by atoms with Gasteiger partial charge in [0.25, 0.3) is 0 Å². The average Bonchev–Trinajstić information content (AvgIpc) is 2.72. The summed E-state index contributed by atoms with van der Waals surface area (Å²) >= 11 is 0. The molecule has 0 saturated heterocycles. The predicted molar refractivity (Wildman–Crippen MR) is 114 cm³/mol. The maximum atomic E-state index is 10.6. The molecule has 0 amide bonds. The maximum Gasteiger partial charge on any atom is 0.133 e. The first-order valence-electron chi connectivity index (χ1n) is 10.1. The molecule has 0 saturated carbocycles. The Balaban J connectivity index is 0.00000146. The van der Waals surface area contributed by atoms with E-state index in [1.54, 1.807) is 0 Å². The lowest BCUT2D eigenvalue weighted by Gasteiger charge is -2.30. The van der Waals surface area contributed by atoms with Crippen LogP contribution in [-0.2, 0) is 16.6 Å². The van der Waals surface area contributed by atoms with Crippen LogP contribution < -0.4 is 5.32 Å². The van der Waals surface area contributed by atoms with Crippen molar-refractivity contribution in [2.24, 2.45) is 0 Å². The predicted octanol–water partition coefficient (Wildman–Crippen LogP) is 5.43. The number of quaternary nitrogens is 1. The minimum Gasteiger partial charge on any atom is -0.313 e. The van der Waals surface area contributed by atoms with Crippen LogP contribution in [0.1, 0.15) is 65.5 Å². The number of para-hydroxylation sites is 1. The highest BCUT2D eigenvalue weighted by Gasteiger charge is 2.29. The van der Waals surface area contributed by atoms with Gasteiger partial charge in [-0.15, -0.1) is 0 Å². The first-order chi connectivity index (χ1) is 12.7. The van der Waals surface area contributed by atoms with Gasteiger partial charge in [0.15, 0.2) is 0 Å². The SMILES string of the molecule is CC.CC.CCC(C)(Cc1ccccc1)c1ccccc1[NH2+]CCC=O. The van der Waals surface area contributed by atoms with Crippen molar-refractivity contribution in [1.82, 2.24) is 0 Å². The zero-order valence-corrected chi connectivity index (χ0v) is 17.6. The smallest absolute Gasteiger partial charge is 0.133 e. The number of hydrogen-bond donors (Lipinski definition) is 1. The molecule has 0 bridgehead atoms. The lowest BCUT2D eigenvalue weighted by atomic mass is 9.74. The molecular formula is C24H38NO+. The molecule has 0 aliphatic heterocycles. The Morgan fingerprint density at radius 2 is 1.50 bits per heavy atom. The van der Waals surface area contributed by atoms with Crippen LogP contribution in [0.15, 0.2) is 54.6 Å². The highest BCUT2D eigenvalue weighted by molar-refractivity contribution is 5.49. The lowest BCUT2D eigenvalue weighted by Crippen LogP contribution is -2.78. The van der Waals surface area contributed by atoms with Crippen molar-refractivity contribution in [2.75, 3.05) is 6.54 Å². The zero-order valence-electron chi connectivity index (χ0n) is 17.6. The van der Waals surface area contributed by atoms with E-state index in [-0.39, 0.29) is 5.41 Å². The van der Waals surface area contributed by atoms with E-state index in [1.807, 2.05) is 27.7 Å². The van der Waals surface area contributed by atoms with Gasteiger partial charge in [-0.05, 0) is 24.5 Å². The summed E-state index contributed by atoms with van der Waals surface area (Å²) in [4.78, 5) is 10.6. The van der Waals surface area contributed by atoms with Gasteiger partial charge in [-0.3, -0.25) is 0 Å². The van der Waals surface area contributed by atoms with Crippen molar-refractivity contribution in [2.45, 2.75) is 66.2 Å². The summed E-state index contributed by atoms with van der Waals surface area (Å²) in [5, 5.41) is 2.20. The Kier molecular flexibility index (Phi) is 13.2. The average molecular weight is 357 g/mol. The summed E-state index contributed by atoms with van der Waals surface area (Å²) in [5.41, 5.74) is 4.13. The molecule has 2 rings (SSSR count). The fourth-order valence-electron chi connectivity index (χ4n) is 2.99. The summed E-state index contributed by atoms with van der Waals surface area (Å²) < 4.78 is 0. The van der Waals surface area contributed by atoms with E-state index in [0.29, 0.717) is 6.42 Å². The minimum absolute atomic E-state index is 0.107. The van der Waals surface area contributed by atoms with Crippen LogP contribution in [0.5, 0.6) is 0 Å². The van der Waals surface area contributed by atoms with E-state index in [9.17, 15) is 4.79 Å². The first-order valence-corrected chi connectivity index (χ1v) is 10.1. The van der Waals surface area contributed by atoms with E-state index >= 15 is 0 Å². The Labute approximate surface area is 161 Å². The Morgan fingerprint density at radius 3 is 2.08 bits per heavy atom. The zero-order chi connectivity index (χ0) is 19.8. The van der Waals surface area contributed by atoms with Crippen molar-refractivity contribution >= 4 is 12.0 Å². The van der Waals surface area contributed by atoms with Crippen LogP contribution in [0.3, 0.4) is 0 Å². The number of hydrogen-bond acceptors (Lipinski definition) is 1. The van der Waals surface area contributed by atoms with Crippen LogP contribution in [0.2, 0.25) is 0 Å². The second kappa shape index (κ2) is 14.3. The highest BCUT2D eigenvalue weighted by atomic mass is 16.1. The molecule has 2 aromatic carbocycles. The van der Waals surface area contributed by atoms with Gasteiger partial charge in [0, 0.05) is 11.0 Å². The van der Waals surface area contributed by atoms with Gasteiger partial charge in [0.1, 0.15) is 12.0 Å². The van der Waals surface area contributed by atoms with Crippen LogP contribution in [0.4, 0.5) is 5.69 Å². The van der Waals surface area contributed by atoms with E-state index in [2.05, 4.69) is 73.8 Å². The van der Waals surface area contributed by atoms with Crippen LogP contribution in [-0.4, -0.2) is 12.8 Å². The number of carbonyl (C=O) groups excluding carboxylic acids is 1. The number of nitrogens with two attached hydrogens (primary N) is 1. The monoisotopic (exact) mass is 356 g/mol. The van der Waals surface area contributed by atoms with Gasteiger partial charge in [-0.2, -0.15) is 0 Å². The van der Waals surface area contributed by atoms with Gasteiger partial charge >= 0.3 is 0 Å². The first kappa shape index (κ1) is 24.1. The standard InChI is InChI=1S/C20H25NO.2C2H6/c1-3-20(2,16-17-10-5-4-6-11-17)18-12-7-8-13-19(18)21-14-9-15-22;2*1-2/h4-8,10-13,15,21H,3,9,14,16H2,1-2H3;2*1-2H3/p+1. The molecule has 2 N–H and O–H groups in total. The van der Waals surface area contributed by atoms with Crippen molar-refractivity contribution < 1.29 is 10.1 Å². The molecule has 0 heterocycles. The Morgan fingerprint density at radius 1 is 0.923 bits per heavy atom. The number of aldehydes is 1. The van der Waals surface area contributed by atoms with Gasteiger partial charge in [-0.25, -0.2) is 0 Å². The van der Waals surface area contributed by atoms with Gasteiger partial charge in [0.2, 0.25) is 0 Å². The van der Waals surface area contributed by atoms with Crippen LogP contribution in [0.25, 0.3) is 0 Å². The third-order valence-electron chi connectivity index (χ3n) is 4.48. The summed E-state index contributed by atoms with van der Waals surface area (Å²) in [7, 11) is 0. The van der Waals surface area contributed by atoms with E-state index in [1.165, 1.54) is 16.8 Å². The molecular weight excluding hydrogens is 318 g/mol. The molecule has 2 aromatic rings. The van der Waals surface area contributed by atoms with Crippen molar-refractivity contribution in [1.29, 1.82) is 0 Å². The molecule has 0 fully saturated rings. The molecule has 2 heteroatoms. The molecule has 0 aliphatic rings. The lowest BCUT2D eigenvalue weighted by molar-refractivity contribution is -0.570. The van der Waals surface area contributed by atoms with E-state index in [4.69, 9.17) is 0 Å². The summed E-state index contributed by atoms with van der Waals surface area (Å²) in [6.45, 7) is 13.4. The minimum atomic E-state index is 0.107. The maximum absolute atomic E-state index is 10.6. The Hall–Kier alpha value is -1.93. The molecule has 26 heavy (non-hydrogen) atoms. The van der Waals surface area contributed by atoms with E-state index < -0.39 is 0 Å². The normalized spacial score (nSPS) is 11.9. The third-order valence-corrected chi connectivity index (χ3v) is 4.48. The second-order valence-electron chi connectivity index (χ2n) is 6.11. The molecule has 1 unspecified atom stereocenters. The van der Waals surface area contributed by atoms with Gasteiger partial charge in [0.05, 0.1) is 13.0 Å². The third kappa shape index (κ3) is 7.53. The molecule has 1 atom stereocenters. The van der Waals surface area contributed by atoms with Crippen molar-refractivity contribution in [3.63, 3.8) is 0 Å². The summed E-state index contributed by atoms with van der Waals surface area (Å²) in [6.07, 6.45) is 3.70. The van der Waals surface area contributed by atoms with Crippen molar-refractivity contribution in [3.05, 3.63) is 65.7 Å². The molecule has 0 spiro atoms. The van der Waals surface area contributed by atoms with Crippen LogP contribution >= 0.6 is 0 Å². The van der Waals surface area contributed by atoms with Crippen molar-refractivity contribution in [3.8, 4) is 0 Å². The van der Waals surface area contributed by atoms with Gasteiger partial charge in [-0.1, -0.05) is 90.1 Å². The molecule has 0 radical (unpaired) electrons. The largest absolute Gasteiger partial charge is 0.313 e. The number of carbonyl (C=O) groups is 1. The fraction of sp³-hybridized carbons (Fsp3) is 0.458. The summed E-state index contributed by atoms with van der Waals surface area (Å²) in [5.74, 6) is 0. The number of benzene rings is 2. The molecule has 2 nitrogen and oxygen atoms in total. The molecule has 0 aromatic heterocycles. The summed E-state index contributed by atoms with van der Waals surface area (Å²) in [6, 6.07) is 19.3. The quantitative estimate of drug-likeness (QED) is 0.382. The molecule has 144 valence electrons. The second-order valence-corrected chi connectivity index (χ2v) is 6.11. The highest BCUT2D eigenvalue weighted by Crippen LogP contribution is 2.34. The van der Waals surface area contributed by atoms with E-state index in [0.717, 1.165) is 25.7 Å². The Bertz CT molecular complexity index is 594.